The van der Waals surface area contributed by atoms with E-state index in [2.05, 4.69) is 10.6 Å². The lowest BCUT2D eigenvalue weighted by Gasteiger charge is -2.09. The van der Waals surface area contributed by atoms with Gasteiger partial charge in [0, 0.05) is 23.7 Å². The van der Waals surface area contributed by atoms with Crippen molar-refractivity contribution in [2.24, 2.45) is 5.92 Å². The summed E-state index contributed by atoms with van der Waals surface area (Å²) in [6.07, 6.45) is 1.99. The molecule has 0 spiro atoms. The number of anilines is 1. The summed E-state index contributed by atoms with van der Waals surface area (Å²) >= 11 is 0. The lowest BCUT2D eigenvalue weighted by Crippen LogP contribution is -2.22. The number of hydrogen-bond acceptors (Lipinski definition) is 2. The summed E-state index contributed by atoms with van der Waals surface area (Å²) in [6.45, 7) is 4.49. The van der Waals surface area contributed by atoms with Gasteiger partial charge in [0.05, 0.1) is 0 Å². The first-order valence-electron chi connectivity index (χ1n) is 8.28. The number of hydrogen-bond donors (Lipinski definition) is 2. The van der Waals surface area contributed by atoms with Crippen LogP contribution in [0.25, 0.3) is 0 Å². The fourth-order valence-corrected chi connectivity index (χ4v) is 2.46. The molecule has 3 rings (SSSR count). The Kier molecular flexibility index (Phi) is 4.65. The molecule has 1 fully saturated rings. The van der Waals surface area contributed by atoms with Gasteiger partial charge in [-0.25, -0.2) is 0 Å². The number of rotatable bonds is 5. The molecule has 124 valence electrons. The minimum Gasteiger partial charge on any atom is -0.348 e. The van der Waals surface area contributed by atoms with E-state index in [9.17, 15) is 9.59 Å². The summed E-state index contributed by atoms with van der Waals surface area (Å²) in [5.41, 5.74) is 4.76. The van der Waals surface area contributed by atoms with E-state index in [1.54, 1.807) is 0 Å². The molecule has 0 bridgehead atoms. The Morgan fingerprint density at radius 1 is 1.00 bits per heavy atom. The predicted molar refractivity (Wildman–Crippen MR) is 94.9 cm³/mol. The van der Waals surface area contributed by atoms with Gasteiger partial charge in [-0.3, -0.25) is 9.59 Å². The van der Waals surface area contributed by atoms with Gasteiger partial charge in [0.1, 0.15) is 0 Å². The third-order valence-electron chi connectivity index (χ3n) is 4.39. The lowest BCUT2D eigenvalue weighted by molar-refractivity contribution is -0.117. The van der Waals surface area contributed by atoms with Crippen molar-refractivity contribution in [2.75, 3.05) is 5.32 Å². The number of carbonyl (C=O) groups is 2. The molecule has 24 heavy (non-hydrogen) atoms. The Morgan fingerprint density at radius 3 is 2.33 bits per heavy atom. The van der Waals surface area contributed by atoms with Crippen LogP contribution in [0.5, 0.6) is 0 Å². The molecule has 0 unspecified atom stereocenters. The second-order valence-electron chi connectivity index (χ2n) is 6.44. The Labute approximate surface area is 142 Å². The molecule has 1 saturated carbocycles. The van der Waals surface area contributed by atoms with Gasteiger partial charge < -0.3 is 10.6 Å². The van der Waals surface area contributed by atoms with Gasteiger partial charge in [0.15, 0.2) is 0 Å². The zero-order chi connectivity index (χ0) is 17.1. The second kappa shape index (κ2) is 6.87. The molecule has 2 amide bonds. The highest BCUT2D eigenvalue weighted by Gasteiger charge is 2.29. The average molecular weight is 322 g/mol. The molecular weight excluding hydrogens is 300 g/mol. The van der Waals surface area contributed by atoms with Crippen molar-refractivity contribution in [3.63, 3.8) is 0 Å². The van der Waals surface area contributed by atoms with Crippen molar-refractivity contribution in [2.45, 2.75) is 33.2 Å². The van der Waals surface area contributed by atoms with Crippen molar-refractivity contribution >= 4 is 17.5 Å². The molecule has 0 aliphatic heterocycles. The van der Waals surface area contributed by atoms with Crippen LogP contribution in [-0.2, 0) is 11.3 Å². The summed E-state index contributed by atoms with van der Waals surface area (Å²) in [6, 6.07) is 13.3. The molecule has 0 heterocycles. The maximum absolute atomic E-state index is 12.2. The minimum absolute atomic E-state index is 0.0794. The van der Waals surface area contributed by atoms with Crippen molar-refractivity contribution in [3.05, 3.63) is 64.7 Å². The van der Waals surface area contributed by atoms with Gasteiger partial charge in [-0.1, -0.05) is 18.2 Å². The maximum Gasteiger partial charge on any atom is 0.251 e. The Morgan fingerprint density at radius 2 is 1.71 bits per heavy atom. The third-order valence-corrected chi connectivity index (χ3v) is 4.39. The fourth-order valence-electron chi connectivity index (χ4n) is 2.46. The molecule has 4 nitrogen and oxygen atoms in total. The van der Waals surface area contributed by atoms with E-state index in [0.29, 0.717) is 12.1 Å². The normalized spacial score (nSPS) is 13.4. The fraction of sp³-hybridized carbons (Fsp3) is 0.300. The summed E-state index contributed by atoms with van der Waals surface area (Å²) in [4.78, 5) is 23.9. The van der Waals surface area contributed by atoms with Gasteiger partial charge in [-0.15, -0.1) is 0 Å². The monoisotopic (exact) mass is 322 g/mol. The van der Waals surface area contributed by atoms with Gasteiger partial charge >= 0.3 is 0 Å². The molecule has 0 atom stereocenters. The van der Waals surface area contributed by atoms with Crippen LogP contribution in [0.4, 0.5) is 5.69 Å². The first-order valence-corrected chi connectivity index (χ1v) is 8.28. The van der Waals surface area contributed by atoms with Crippen LogP contribution in [0.3, 0.4) is 0 Å². The van der Waals surface area contributed by atoms with Crippen molar-refractivity contribution in [3.8, 4) is 0 Å². The zero-order valence-electron chi connectivity index (χ0n) is 14.1. The minimum atomic E-state index is -0.0794. The maximum atomic E-state index is 12.2. The summed E-state index contributed by atoms with van der Waals surface area (Å²) in [5, 5.41) is 5.83. The van der Waals surface area contributed by atoms with Crippen LogP contribution < -0.4 is 10.6 Å². The molecule has 2 N–H and O–H groups in total. The largest absolute Gasteiger partial charge is 0.348 e. The Hall–Kier alpha value is -2.62. The van der Waals surface area contributed by atoms with Gasteiger partial charge in [0.25, 0.3) is 5.91 Å². The van der Waals surface area contributed by atoms with E-state index in [1.807, 2.05) is 56.3 Å². The van der Waals surface area contributed by atoms with E-state index < -0.39 is 0 Å². The highest BCUT2D eigenvalue weighted by Crippen LogP contribution is 2.30. The predicted octanol–water partition coefficient (Wildman–Crippen LogP) is 3.58. The second-order valence-corrected chi connectivity index (χ2v) is 6.44. The molecular formula is C20H22N2O2. The summed E-state index contributed by atoms with van der Waals surface area (Å²) < 4.78 is 0. The quantitative estimate of drug-likeness (QED) is 0.884. The standard InChI is InChI=1S/C20H22N2O2/c1-13-3-6-17(11-14(13)2)19(23)21-12-15-4-9-18(10-5-15)22-20(24)16-7-8-16/h3-6,9-11,16H,7-8,12H2,1-2H3,(H,21,23)(H,22,24). The average Bonchev–Trinajstić information content (AvgIpc) is 3.41. The van der Waals surface area contributed by atoms with Gasteiger partial charge in [-0.05, 0) is 67.6 Å². The van der Waals surface area contributed by atoms with Gasteiger partial charge in [-0.2, -0.15) is 0 Å². The van der Waals surface area contributed by atoms with E-state index >= 15 is 0 Å². The summed E-state index contributed by atoms with van der Waals surface area (Å²) in [5.74, 6) is 0.219. The molecule has 0 aromatic heterocycles. The molecule has 0 radical (unpaired) electrons. The molecule has 4 heteroatoms. The van der Waals surface area contributed by atoms with Crippen LogP contribution in [0.2, 0.25) is 0 Å². The number of nitrogens with one attached hydrogen (secondary N) is 2. The van der Waals surface area contributed by atoms with Gasteiger partial charge in [0.2, 0.25) is 5.91 Å². The summed E-state index contributed by atoms with van der Waals surface area (Å²) in [7, 11) is 0. The first-order chi connectivity index (χ1) is 11.5. The highest BCUT2D eigenvalue weighted by atomic mass is 16.2. The Bertz CT molecular complexity index is 762. The number of carbonyl (C=O) groups excluding carboxylic acids is 2. The molecule has 2 aromatic carbocycles. The smallest absolute Gasteiger partial charge is 0.251 e. The molecule has 1 aliphatic rings. The number of aryl methyl sites for hydroxylation is 2. The molecule has 0 saturated heterocycles. The van der Waals surface area contributed by atoms with Crippen molar-refractivity contribution in [1.82, 2.24) is 5.32 Å². The van der Waals surface area contributed by atoms with Crippen LogP contribution in [0.15, 0.2) is 42.5 Å². The van der Waals surface area contributed by atoms with Crippen LogP contribution in [0.1, 0.15) is 39.9 Å². The highest BCUT2D eigenvalue weighted by molar-refractivity contribution is 5.95. The SMILES string of the molecule is Cc1ccc(C(=O)NCc2ccc(NC(=O)C3CC3)cc2)cc1C. The van der Waals surface area contributed by atoms with Crippen LogP contribution >= 0.6 is 0 Å². The van der Waals surface area contributed by atoms with E-state index in [1.165, 1.54) is 5.56 Å². The van der Waals surface area contributed by atoms with E-state index in [-0.39, 0.29) is 17.7 Å². The molecule has 2 aromatic rings. The topological polar surface area (TPSA) is 58.2 Å². The molecule has 1 aliphatic carbocycles. The first kappa shape index (κ1) is 16.2. The third kappa shape index (κ3) is 4.02. The van der Waals surface area contributed by atoms with Crippen LogP contribution in [0, 0.1) is 19.8 Å². The lowest BCUT2D eigenvalue weighted by atomic mass is 10.1. The number of amides is 2. The van der Waals surface area contributed by atoms with Crippen molar-refractivity contribution in [1.29, 1.82) is 0 Å². The van der Waals surface area contributed by atoms with E-state index in [4.69, 9.17) is 0 Å². The van der Waals surface area contributed by atoms with Crippen molar-refractivity contribution < 1.29 is 9.59 Å². The zero-order valence-corrected chi connectivity index (χ0v) is 14.1. The Balaban J connectivity index is 1.54. The van der Waals surface area contributed by atoms with Crippen LogP contribution in [-0.4, -0.2) is 11.8 Å². The van der Waals surface area contributed by atoms with E-state index in [0.717, 1.165) is 29.7 Å². The number of benzene rings is 2.